The maximum atomic E-state index is 12.2. The van der Waals surface area contributed by atoms with Crippen molar-refractivity contribution in [3.63, 3.8) is 0 Å². The van der Waals surface area contributed by atoms with Gasteiger partial charge >= 0.3 is 0 Å². The van der Waals surface area contributed by atoms with Gasteiger partial charge in [0.15, 0.2) is 0 Å². The molecule has 3 heteroatoms. The van der Waals surface area contributed by atoms with E-state index in [0.717, 1.165) is 19.3 Å². The second-order valence-corrected chi connectivity index (χ2v) is 6.83. The predicted octanol–water partition coefficient (Wildman–Crippen LogP) is 2.63. The lowest BCUT2D eigenvalue weighted by atomic mass is 9.51. The van der Waals surface area contributed by atoms with Crippen molar-refractivity contribution in [3.05, 3.63) is 17.5 Å². The normalized spacial score (nSPS) is 34.0. The van der Waals surface area contributed by atoms with Gasteiger partial charge < -0.3 is 0 Å². The number of aryl methyl sites for hydroxylation is 2. The van der Waals surface area contributed by atoms with Crippen LogP contribution >= 0.6 is 0 Å². The zero-order chi connectivity index (χ0) is 13.1. The van der Waals surface area contributed by atoms with Crippen molar-refractivity contribution in [3.8, 4) is 0 Å². The third-order valence-corrected chi connectivity index (χ3v) is 5.38. The Morgan fingerprint density at radius 3 is 2.78 bits per heavy atom. The van der Waals surface area contributed by atoms with Crippen LogP contribution in [-0.4, -0.2) is 15.6 Å². The molecule has 0 saturated heterocycles. The predicted molar refractivity (Wildman–Crippen MR) is 70.4 cm³/mol. The zero-order valence-corrected chi connectivity index (χ0v) is 11.8. The average molecular weight is 246 g/mol. The third kappa shape index (κ3) is 1.36. The topological polar surface area (TPSA) is 34.9 Å². The number of carbonyl (C=O) groups excluding carboxylic acids is 1. The highest BCUT2D eigenvalue weighted by Gasteiger charge is 2.54. The number of aromatic nitrogens is 2. The molecule has 1 saturated carbocycles. The van der Waals surface area contributed by atoms with Crippen LogP contribution in [-0.2, 0) is 23.7 Å². The molecule has 1 fully saturated rings. The summed E-state index contributed by atoms with van der Waals surface area (Å²) in [6.07, 6.45) is 6.01. The quantitative estimate of drug-likeness (QED) is 0.705. The molecule has 18 heavy (non-hydrogen) atoms. The highest BCUT2D eigenvalue weighted by atomic mass is 16.1. The van der Waals surface area contributed by atoms with Crippen LogP contribution < -0.4 is 0 Å². The summed E-state index contributed by atoms with van der Waals surface area (Å²) in [4.78, 5) is 12.2. The first-order valence-corrected chi connectivity index (χ1v) is 6.92. The number of rotatable bonds is 0. The van der Waals surface area contributed by atoms with E-state index in [0.29, 0.717) is 18.1 Å². The Morgan fingerprint density at radius 1 is 1.33 bits per heavy atom. The van der Waals surface area contributed by atoms with Gasteiger partial charge in [0.2, 0.25) is 0 Å². The molecule has 1 aromatic heterocycles. The molecule has 3 rings (SSSR count). The summed E-state index contributed by atoms with van der Waals surface area (Å²) in [5, 5.41) is 4.70. The number of hydrogen-bond donors (Lipinski definition) is 0. The molecule has 2 atom stereocenters. The largest absolute Gasteiger partial charge is 0.299 e. The Hall–Kier alpha value is -1.12. The van der Waals surface area contributed by atoms with Gasteiger partial charge in [0.1, 0.15) is 5.78 Å². The van der Waals surface area contributed by atoms with Crippen molar-refractivity contribution >= 4 is 5.78 Å². The molecule has 0 spiro atoms. The molecule has 2 aliphatic carbocycles. The summed E-state index contributed by atoms with van der Waals surface area (Å²) in [7, 11) is 2.00. The molecule has 98 valence electrons. The first kappa shape index (κ1) is 11.9. The van der Waals surface area contributed by atoms with E-state index in [1.807, 2.05) is 11.7 Å². The molecule has 0 N–H and O–H groups in total. The van der Waals surface area contributed by atoms with Gasteiger partial charge in [-0.1, -0.05) is 20.8 Å². The van der Waals surface area contributed by atoms with Crippen LogP contribution in [0.25, 0.3) is 0 Å². The van der Waals surface area contributed by atoms with Crippen molar-refractivity contribution < 1.29 is 4.79 Å². The maximum Gasteiger partial charge on any atom is 0.138 e. The minimum Gasteiger partial charge on any atom is -0.299 e. The van der Waals surface area contributed by atoms with Crippen LogP contribution in [0.3, 0.4) is 0 Å². The van der Waals surface area contributed by atoms with Gasteiger partial charge in [-0.25, -0.2) is 0 Å². The van der Waals surface area contributed by atoms with Crippen LogP contribution in [0, 0.1) is 11.3 Å². The van der Waals surface area contributed by atoms with Gasteiger partial charge in [0, 0.05) is 30.5 Å². The standard InChI is InChI=1S/C15H22N2O/c1-14(2)11-6-5-10-9-17(4)16-13(10)15(11,3)8-7-12(14)18/h9,11H,5-8H2,1-4H3/t11-,15-/m0/s1. The van der Waals surface area contributed by atoms with E-state index in [9.17, 15) is 4.79 Å². The molecule has 0 bridgehead atoms. The van der Waals surface area contributed by atoms with Crippen molar-refractivity contribution in [1.29, 1.82) is 0 Å². The van der Waals surface area contributed by atoms with Crippen molar-refractivity contribution in [2.75, 3.05) is 0 Å². The van der Waals surface area contributed by atoms with E-state index in [4.69, 9.17) is 5.10 Å². The van der Waals surface area contributed by atoms with Gasteiger partial charge in [-0.2, -0.15) is 5.10 Å². The molecule has 2 aliphatic rings. The van der Waals surface area contributed by atoms with Gasteiger partial charge in [0.05, 0.1) is 5.69 Å². The van der Waals surface area contributed by atoms with E-state index in [2.05, 4.69) is 27.0 Å². The molecule has 1 heterocycles. The highest BCUT2D eigenvalue weighted by molar-refractivity contribution is 5.86. The second-order valence-electron chi connectivity index (χ2n) is 6.83. The summed E-state index contributed by atoms with van der Waals surface area (Å²) in [5.74, 6) is 0.873. The Bertz CT molecular complexity index is 515. The molecular formula is C15H22N2O. The minimum absolute atomic E-state index is 0.0895. The number of Topliss-reactive ketones (excluding diaryl/α,β-unsaturated/α-hetero) is 1. The number of hydrogen-bond acceptors (Lipinski definition) is 2. The van der Waals surface area contributed by atoms with Crippen LogP contribution in [0.2, 0.25) is 0 Å². The molecule has 0 amide bonds. The van der Waals surface area contributed by atoms with Crippen LogP contribution in [0.15, 0.2) is 6.20 Å². The number of fused-ring (bicyclic) bond motifs is 3. The summed E-state index contributed by atoms with van der Waals surface area (Å²) < 4.78 is 1.93. The van der Waals surface area contributed by atoms with Crippen molar-refractivity contribution in [2.45, 2.75) is 51.9 Å². The van der Waals surface area contributed by atoms with Crippen molar-refractivity contribution in [2.24, 2.45) is 18.4 Å². The molecule has 0 aromatic carbocycles. The summed E-state index contributed by atoms with van der Waals surface area (Å²) in [6, 6.07) is 0. The van der Waals surface area contributed by atoms with E-state index >= 15 is 0 Å². The van der Waals surface area contributed by atoms with Gasteiger partial charge in [-0.05, 0) is 30.7 Å². The highest BCUT2D eigenvalue weighted by Crippen LogP contribution is 2.55. The monoisotopic (exact) mass is 246 g/mol. The minimum atomic E-state index is -0.192. The molecule has 0 radical (unpaired) electrons. The SMILES string of the molecule is Cn1cc2c(n1)[C@@]1(C)CCC(=O)C(C)(C)[C@@H]1CC2. The lowest BCUT2D eigenvalue weighted by molar-refractivity contribution is -0.137. The van der Waals surface area contributed by atoms with Gasteiger partial charge in [-0.3, -0.25) is 9.48 Å². The fourth-order valence-corrected chi connectivity index (χ4v) is 4.32. The Morgan fingerprint density at radius 2 is 2.06 bits per heavy atom. The first-order valence-electron chi connectivity index (χ1n) is 6.92. The maximum absolute atomic E-state index is 12.2. The summed E-state index contributed by atoms with van der Waals surface area (Å²) in [5.41, 5.74) is 2.54. The molecule has 0 aliphatic heterocycles. The Kier molecular flexibility index (Phi) is 2.30. The number of ketones is 1. The van der Waals surface area contributed by atoms with Crippen LogP contribution in [0.5, 0.6) is 0 Å². The molecular weight excluding hydrogens is 224 g/mol. The van der Waals surface area contributed by atoms with Crippen molar-refractivity contribution in [1.82, 2.24) is 9.78 Å². The first-order chi connectivity index (χ1) is 8.35. The fourth-order valence-electron chi connectivity index (χ4n) is 4.32. The third-order valence-electron chi connectivity index (χ3n) is 5.38. The smallest absolute Gasteiger partial charge is 0.138 e. The fraction of sp³-hybridized carbons (Fsp3) is 0.733. The van der Waals surface area contributed by atoms with E-state index in [1.165, 1.54) is 11.3 Å². The average Bonchev–Trinajstić information content (AvgIpc) is 2.66. The van der Waals surface area contributed by atoms with E-state index in [1.54, 1.807) is 0 Å². The zero-order valence-electron chi connectivity index (χ0n) is 11.8. The number of nitrogens with zero attached hydrogens (tertiary/aromatic N) is 2. The van der Waals surface area contributed by atoms with Gasteiger partial charge in [-0.15, -0.1) is 0 Å². The van der Waals surface area contributed by atoms with Crippen LogP contribution in [0.1, 0.15) is 51.3 Å². The molecule has 0 unspecified atom stereocenters. The molecule has 3 nitrogen and oxygen atoms in total. The number of carbonyl (C=O) groups is 1. The van der Waals surface area contributed by atoms with E-state index in [-0.39, 0.29) is 10.8 Å². The second kappa shape index (κ2) is 3.46. The molecule has 1 aromatic rings. The lowest BCUT2D eigenvalue weighted by Crippen LogP contribution is -2.52. The van der Waals surface area contributed by atoms with Gasteiger partial charge in [0.25, 0.3) is 0 Å². The Labute approximate surface area is 109 Å². The summed E-state index contributed by atoms with van der Waals surface area (Å²) >= 11 is 0. The lowest BCUT2D eigenvalue weighted by Gasteiger charge is -2.51. The van der Waals surface area contributed by atoms with E-state index < -0.39 is 0 Å². The Balaban J connectivity index is 2.13. The van der Waals surface area contributed by atoms with Crippen LogP contribution in [0.4, 0.5) is 0 Å². The summed E-state index contributed by atoms with van der Waals surface area (Å²) in [6.45, 7) is 6.58.